The van der Waals surface area contributed by atoms with Gasteiger partial charge in [0, 0.05) is 30.9 Å². The summed E-state index contributed by atoms with van der Waals surface area (Å²) >= 11 is 0. The third-order valence-corrected chi connectivity index (χ3v) is 5.83. The van der Waals surface area contributed by atoms with Crippen LogP contribution in [0.4, 0.5) is 0 Å². The van der Waals surface area contributed by atoms with Gasteiger partial charge in [-0.25, -0.2) is 0 Å². The number of aromatic nitrogens is 1. The smallest absolute Gasteiger partial charge is 0.246 e. The summed E-state index contributed by atoms with van der Waals surface area (Å²) in [5.41, 5.74) is 3.51. The Bertz CT molecular complexity index is 833. The number of hydrogen-bond acceptors (Lipinski definition) is 4. The Morgan fingerprint density at radius 3 is 2.43 bits per heavy atom. The van der Waals surface area contributed by atoms with Crippen molar-refractivity contribution >= 4 is 11.8 Å². The molecule has 1 aliphatic carbocycles. The average Bonchev–Trinajstić information content (AvgIpc) is 2.78. The van der Waals surface area contributed by atoms with Gasteiger partial charge in [0.05, 0.1) is 0 Å². The number of nitrogens with one attached hydrogen (secondary N) is 2. The van der Waals surface area contributed by atoms with Crippen LogP contribution >= 0.6 is 0 Å². The van der Waals surface area contributed by atoms with Crippen LogP contribution in [0.2, 0.25) is 0 Å². The minimum Gasteiger partial charge on any atom is -0.362 e. The van der Waals surface area contributed by atoms with Crippen LogP contribution < -0.4 is 10.6 Å². The number of amides is 2. The van der Waals surface area contributed by atoms with Crippen LogP contribution in [0, 0.1) is 6.92 Å². The van der Waals surface area contributed by atoms with E-state index in [4.69, 9.17) is 4.74 Å². The van der Waals surface area contributed by atoms with Gasteiger partial charge in [0.25, 0.3) is 0 Å². The minimum absolute atomic E-state index is 0.0135. The number of pyridine rings is 1. The van der Waals surface area contributed by atoms with Gasteiger partial charge in [0.1, 0.15) is 13.2 Å². The molecule has 0 saturated heterocycles. The number of ether oxygens (including phenoxy) is 1. The van der Waals surface area contributed by atoms with Crippen LogP contribution in [-0.4, -0.2) is 36.6 Å². The van der Waals surface area contributed by atoms with Crippen molar-refractivity contribution in [3.05, 3.63) is 65.5 Å². The fraction of sp³-hybridized carbons (Fsp3) is 0.458. The predicted octanol–water partition coefficient (Wildman–Crippen LogP) is 3.04. The van der Waals surface area contributed by atoms with Crippen LogP contribution in [0.25, 0.3) is 0 Å². The largest absolute Gasteiger partial charge is 0.362 e. The molecule has 2 aromatic rings. The zero-order valence-electron chi connectivity index (χ0n) is 17.7. The molecule has 0 radical (unpaired) electrons. The molecule has 1 heterocycles. The van der Waals surface area contributed by atoms with Gasteiger partial charge in [0.15, 0.2) is 0 Å². The predicted molar refractivity (Wildman–Crippen MR) is 116 cm³/mol. The van der Waals surface area contributed by atoms with Crippen molar-refractivity contribution in [3.8, 4) is 0 Å². The third-order valence-electron chi connectivity index (χ3n) is 5.83. The lowest BCUT2D eigenvalue weighted by atomic mass is 9.68. The van der Waals surface area contributed by atoms with Crippen molar-refractivity contribution in [2.24, 2.45) is 0 Å². The first-order valence-electron chi connectivity index (χ1n) is 10.7. The van der Waals surface area contributed by atoms with E-state index in [0.717, 1.165) is 18.4 Å². The zero-order valence-corrected chi connectivity index (χ0v) is 17.7. The highest BCUT2D eigenvalue weighted by Gasteiger charge is 2.35. The lowest BCUT2D eigenvalue weighted by Gasteiger charge is -2.39. The van der Waals surface area contributed by atoms with Crippen LogP contribution in [-0.2, 0) is 26.3 Å². The Balaban J connectivity index is 1.43. The minimum atomic E-state index is -0.254. The Kier molecular flexibility index (Phi) is 7.97. The Hall–Kier alpha value is -2.73. The first-order valence-corrected chi connectivity index (χ1v) is 10.7. The average molecular weight is 410 g/mol. The van der Waals surface area contributed by atoms with E-state index in [1.165, 1.54) is 30.4 Å². The molecule has 2 N–H and O–H groups in total. The van der Waals surface area contributed by atoms with E-state index in [2.05, 4.69) is 46.8 Å². The molecule has 2 amide bonds. The Morgan fingerprint density at radius 2 is 1.73 bits per heavy atom. The molecule has 0 atom stereocenters. The highest BCUT2D eigenvalue weighted by molar-refractivity contribution is 5.79. The summed E-state index contributed by atoms with van der Waals surface area (Å²) in [5, 5.41) is 5.80. The molecular formula is C24H31N3O3. The summed E-state index contributed by atoms with van der Waals surface area (Å²) in [6.45, 7) is 2.87. The molecule has 1 aromatic carbocycles. The molecule has 6 nitrogen and oxygen atoms in total. The quantitative estimate of drug-likeness (QED) is 0.667. The molecule has 0 unspecified atom stereocenters. The van der Waals surface area contributed by atoms with E-state index >= 15 is 0 Å². The molecule has 1 fully saturated rings. The van der Waals surface area contributed by atoms with Crippen molar-refractivity contribution in [2.75, 3.05) is 19.8 Å². The number of hydrogen-bond donors (Lipinski definition) is 2. The molecule has 1 aliphatic rings. The van der Waals surface area contributed by atoms with E-state index < -0.39 is 0 Å². The number of benzene rings is 1. The lowest BCUT2D eigenvalue weighted by Crippen LogP contribution is -2.44. The fourth-order valence-electron chi connectivity index (χ4n) is 4.25. The van der Waals surface area contributed by atoms with Gasteiger partial charge in [-0.2, -0.15) is 0 Å². The molecule has 0 aliphatic heterocycles. The Morgan fingerprint density at radius 1 is 1.00 bits per heavy atom. The highest BCUT2D eigenvalue weighted by Crippen LogP contribution is 2.40. The SMILES string of the molecule is Cc1ccccc1C1(CNC(=O)COCC(=O)NCc2cccnc2)CCCCC1. The molecule has 6 heteroatoms. The van der Waals surface area contributed by atoms with Crippen LogP contribution in [0.5, 0.6) is 0 Å². The summed E-state index contributed by atoms with van der Waals surface area (Å²) < 4.78 is 5.31. The number of aryl methyl sites for hydroxylation is 1. The van der Waals surface area contributed by atoms with Gasteiger partial charge < -0.3 is 15.4 Å². The highest BCUT2D eigenvalue weighted by atomic mass is 16.5. The summed E-state index contributed by atoms with van der Waals surface area (Å²) in [4.78, 5) is 28.2. The topological polar surface area (TPSA) is 80.3 Å². The van der Waals surface area contributed by atoms with Crippen LogP contribution in [0.15, 0.2) is 48.8 Å². The van der Waals surface area contributed by atoms with Crippen molar-refractivity contribution < 1.29 is 14.3 Å². The van der Waals surface area contributed by atoms with Crippen LogP contribution in [0.3, 0.4) is 0 Å². The van der Waals surface area contributed by atoms with Crippen molar-refractivity contribution in [3.63, 3.8) is 0 Å². The first-order chi connectivity index (χ1) is 14.6. The number of rotatable bonds is 9. The zero-order chi connectivity index (χ0) is 21.2. The monoisotopic (exact) mass is 409 g/mol. The molecule has 30 heavy (non-hydrogen) atoms. The van der Waals surface area contributed by atoms with E-state index in [9.17, 15) is 9.59 Å². The van der Waals surface area contributed by atoms with Gasteiger partial charge in [0.2, 0.25) is 11.8 Å². The first kappa shape index (κ1) is 22.0. The molecular weight excluding hydrogens is 378 g/mol. The van der Waals surface area contributed by atoms with E-state index in [1.807, 2.05) is 12.1 Å². The molecule has 0 spiro atoms. The second-order valence-corrected chi connectivity index (χ2v) is 8.06. The summed E-state index contributed by atoms with van der Waals surface area (Å²) in [7, 11) is 0. The number of nitrogens with zero attached hydrogens (tertiary/aromatic N) is 1. The lowest BCUT2D eigenvalue weighted by molar-refractivity contribution is -0.131. The second-order valence-electron chi connectivity index (χ2n) is 8.06. The summed E-state index contributed by atoms with van der Waals surface area (Å²) in [6, 6.07) is 12.2. The van der Waals surface area contributed by atoms with Crippen LogP contribution in [0.1, 0.15) is 48.8 Å². The van der Waals surface area contributed by atoms with Gasteiger partial charge in [-0.1, -0.05) is 49.6 Å². The molecule has 0 bridgehead atoms. The van der Waals surface area contributed by atoms with E-state index in [1.54, 1.807) is 12.4 Å². The standard InChI is InChI=1S/C24H31N3O3/c1-19-8-3-4-10-21(19)24(11-5-2-6-12-24)18-27-23(29)17-30-16-22(28)26-15-20-9-7-13-25-14-20/h3-4,7-10,13-14H,2,5-6,11-12,15-18H2,1H3,(H,26,28)(H,27,29). The van der Waals surface area contributed by atoms with Gasteiger partial charge in [-0.15, -0.1) is 0 Å². The fourth-order valence-corrected chi connectivity index (χ4v) is 4.25. The third kappa shape index (κ3) is 6.13. The maximum absolute atomic E-state index is 12.3. The van der Waals surface area contributed by atoms with Gasteiger partial charge >= 0.3 is 0 Å². The second kappa shape index (κ2) is 10.9. The maximum Gasteiger partial charge on any atom is 0.246 e. The molecule has 1 saturated carbocycles. The van der Waals surface area contributed by atoms with E-state index in [-0.39, 0.29) is 30.4 Å². The maximum atomic E-state index is 12.3. The normalized spacial score (nSPS) is 15.4. The van der Waals surface area contributed by atoms with Gasteiger partial charge in [-0.3, -0.25) is 14.6 Å². The number of carbonyl (C=O) groups is 2. The van der Waals surface area contributed by atoms with Gasteiger partial charge in [-0.05, 0) is 42.5 Å². The van der Waals surface area contributed by atoms with Crippen molar-refractivity contribution in [2.45, 2.75) is 51.0 Å². The van der Waals surface area contributed by atoms with Crippen molar-refractivity contribution in [1.82, 2.24) is 15.6 Å². The number of carbonyl (C=O) groups excluding carboxylic acids is 2. The molecule has 160 valence electrons. The molecule has 1 aromatic heterocycles. The molecule has 3 rings (SSSR count). The van der Waals surface area contributed by atoms with E-state index in [0.29, 0.717) is 13.1 Å². The Labute approximate surface area is 178 Å². The van der Waals surface area contributed by atoms with Crippen molar-refractivity contribution in [1.29, 1.82) is 0 Å². The summed E-state index contributed by atoms with van der Waals surface area (Å²) in [5.74, 6) is -0.441. The summed E-state index contributed by atoms with van der Waals surface area (Å²) in [6.07, 6.45) is 9.15.